The van der Waals surface area contributed by atoms with Crippen LogP contribution in [0.1, 0.15) is 12.5 Å². The number of hydrazone groups is 1. The standard InChI is InChI=1S/C25H24ClN3O6S/c1-17(18-3-12-23-24(15-18)35-14-13-34-23)27-28-25(30)16-29(20-6-4-19(26)5-7-20)36(31,32)22-10-8-21(33-2)9-11-22/h3-12,15H,13-14,16H2,1-2H3,(H,28,30)/b27-17-. The zero-order chi connectivity index (χ0) is 25.7. The summed E-state index contributed by atoms with van der Waals surface area (Å²) in [5.41, 5.74) is 3.95. The van der Waals surface area contributed by atoms with Crippen LogP contribution >= 0.6 is 11.6 Å². The SMILES string of the molecule is COc1ccc(S(=O)(=O)N(CC(=O)N/N=C(/C)c2ccc3c(c2)OCCO3)c2ccc(Cl)cc2)cc1. The Morgan fingerprint density at radius 3 is 2.36 bits per heavy atom. The van der Waals surface area contributed by atoms with Crippen molar-refractivity contribution >= 4 is 38.9 Å². The summed E-state index contributed by atoms with van der Waals surface area (Å²) in [5, 5.41) is 4.58. The first-order valence-corrected chi connectivity index (χ1v) is 12.8. The second-order valence-corrected chi connectivity index (χ2v) is 10.1. The average Bonchev–Trinajstić information content (AvgIpc) is 2.90. The second kappa shape index (κ2) is 10.9. The largest absolute Gasteiger partial charge is 0.497 e. The van der Waals surface area contributed by atoms with E-state index in [1.165, 1.54) is 43.5 Å². The first-order valence-electron chi connectivity index (χ1n) is 10.9. The van der Waals surface area contributed by atoms with Gasteiger partial charge in [0.15, 0.2) is 11.5 Å². The molecule has 0 fully saturated rings. The van der Waals surface area contributed by atoms with Crippen molar-refractivity contribution in [1.29, 1.82) is 0 Å². The molecular weight excluding hydrogens is 506 g/mol. The van der Waals surface area contributed by atoms with Crippen LogP contribution in [0, 0.1) is 0 Å². The van der Waals surface area contributed by atoms with Crippen molar-refractivity contribution in [3.63, 3.8) is 0 Å². The zero-order valence-electron chi connectivity index (χ0n) is 19.6. The highest BCUT2D eigenvalue weighted by atomic mass is 35.5. The number of amides is 1. The third kappa shape index (κ3) is 5.72. The van der Waals surface area contributed by atoms with Crippen molar-refractivity contribution in [3.05, 3.63) is 77.3 Å². The Morgan fingerprint density at radius 1 is 1.03 bits per heavy atom. The van der Waals surface area contributed by atoms with E-state index in [0.717, 1.165) is 9.87 Å². The Morgan fingerprint density at radius 2 is 1.69 bits per heavy atom. The van der Waals surface area contributed by atoms with E-state index in [1.807, 2.05) is 0 Å². The monoisotopic (exact) mass is 529 g/mol. The molecule has 9 nitrogen and oxygen atoms in total. The van der Waals surface area contributed by atoms with Gasteiger partial charge in [0.25, 0.3) is 15.9 Å². The van der Waals surface area contributed by atoms with Crippen molar-refractivity contribution in [3.8, 4) is 17.2 Å². The molecule has 36 heavy (non-hydrogen) atoms. The highest BCUT2D eigenvalue weighted by Gasteiger charge is 2.27. The Labute approximate surface area is 214 Å². The minimum Gasteiger partial charge on any atom is -0.497 e. The van der Waals surface area contributed by atoms with Crippen LogP contribution in [0.4, 0.5) is 5.69 Å². The number of anilines is 1. The molecule has 0 atom stereocenters. The predicted molar refractivity (Wildman–Crippen MR) is 137 cm³/mol. The number of halogens is 1. The Kier molecular flexibility index (Phi) is 7.66. The summed E-state index contributed by atoms with van der Waals surface area (Å²) in [6.45, 7) is 2.15. The molecule has 0 spiro atoms. The highest BCUT2D eigenvalue weighted by molar-refractivity contribution is 7.92. The van der Waals surface area contributed by atoms with Crippen LogP contribution in [-0.2, 0) is 14.8 Å². The summed E-state index contributed by atoms with van der Waals surface area (Å²) < 4.78 is 44.1. The molecule has 1 heterocycles. The minimum atomic E-state index is -4.09. The van der Waals surface area contributed by atoms with E-state index in [4.69, 9.17) is 25.8 Å². The van der Waals surface area contributed by atoms with Gasteiger partial charge in [-0.2, -0.15) is 5.10 Å². The van der Waals surface area contributed by atoms with Crippen molar-refractivity contribution < 1.29 is 27.4 Å². The lowest BCUT2D eigenvalue weighted by Gasteiger charge is -2.24. The molecule has 1 N–H and O–H groups in total. The summed E-state index contributed by atoms with van der Waals surface area (Å²) in [5.74, 6) is 1.12. The van der Waals surface area contributed by atoms with E-state index in [0.29, 0.717) is 41.2 Å². The number of carbonyl (C=O) groups excluding carboxylic acids is 1. The highest BCUT2D eigenvalue weighted by Crippen LogP contribution is 2.31. The second-order valence-electron chi connectivity index (χ2n) is 7.75. The molecule has 1 aliphatic heterocycles. The van der Waals surface area contributed by atoms with E-state index in [2.05, 4.69) is 10.5 Å². The van der Waals surface area contributed by atoms with Crippen LogP contribution in [0.25, 0.3) is 0 Å². The number of benzene rings is 3. The summed E-state index contributed by atoms with van der Waals surface area (Å²) in [4.78, 5) is 12.8. The number of nitrogens with one attached hydrogen (secondary N) is 1. The molecule has 1 aliphatic rings. The van der Waals surface area contributed by atoms with Crippen LogP contribution < -0.4 is 23.9 Å². The number of carbonyl (C=O) groups is 1. The smallest absolute Gasteiger partial charge is 0.264 e. The molecule has 0 aliphatic carbocycles. The first kappa shape index (κ1) is 25.3. The van der Waals surface area contributed by atoms with Crippen molar-refractivity contribution in [2.24, 2.45) is 5.10 Å². The number of ether oxygens (including phenoxy) is 3. The van der Waals surface area contributed by atoms with Crippen LogP contribution in [0.3, 0.4) is 0 Å². The molecule has 0 unspecified atom stereocenters. The van der Waals surface area contributed by atoms with Gasteiger partial charge >= 0.3 is 0 Å². The quantitative estimate of drug-likeness (QED) is 0.351. The van der Waals surface area contributed by atoms with Gasteiger partial charge in [-0.25, -0.2) is 13.8 Å². The van der Waals surface area contributed by atoms with Gasteiger partial charge in [0.2, 0.25) is 0 Å². The molecule has 4 rings (SSSR count). The fourth-order valence-electron chi connectivity index (χ4n) is 3.44. The predicted octanol–water partition coefficient (Wildman–Crippen LogP) is 3.86. The Hall–Kier alpha value is -3.76. The van der Waals surface area contributed by atoms with E-state index in [9.17, 15) is 13.2 Å². The summed E-state index contributed by atoms with van der Waals surface area (Å²) in [6, 6.07) is 17.4. The van der Waals surface area contributed by atoms with E-state index in [-0.39, 0.29) is 10.6 Å². The van der Waals surface area contributed by atoms with Crippen LogP contribution in [-0.4, -0.2) is 46.9 Å². The van der Waals surface area contributed by atoms with Gasteiger partial charge in [0, 0.05) is 10.6 Å². The average molecular weight is 530 g/mol. The molecule has 0 radical (unpaired) electrons. The van der Waals surface area contributed by atoms with Crippen molar-refractivity contribution in [2.75, 3.05) is 31.2 Å². The molecule has 1 amide bonds. The number of fused-ring (bicyclic) bond motifs is 1. The number of hydrogen-bond acceptors (Lipinski definition) is 7. The number of hydrogen-bond donors (Lipinski definition) is 1. The normalized spacial score (nSPS) is 13.1. The zero-order valence-corrected chi connectivity index (χ0v) is 21.2. The maximum absolute atomic E-state index is 13.5. The van der Waals surface area contributed by atoms with Gasteiger partial charge in [-0.3, -0.25) is 9.10 Å². The maximum atomic E-state index is 13.5. The van der Waals surface area contributed by atoms with Crippen LogP contribution in [0.5, 0.6) is 17.2 Å². The van der Waals surface area contributed by atoms with Gasteiger partial charge in [-0.05, 0) is 73.7 Å². The molecule has 11 heteroatoms. The number of methoxy groups -OCH3 is 1. The number of nitrogens with zero attached hydrogens (tertiary/aromatic N) is 2. The maximum Gasteiger partial charge on any atom is 0.264 e. The first-order chi connectivity index (χ1) is 17.3. The molecule has 3 aromatic rings. The Bertz CT molecular complexity index is 1380. The van der Waals surface area contributed by atoms with Gasteiger partial charge in [0.1, 0.15) is 25.5 Å². The lowest BCUT2D eigenvalue weighted by Crippen LogP contribution is -2.39. The van der Waals surface area contributed by atoms with E-state index < -0.39 is 22.5 Å². The number of rotatable bonds is 8. The fourth-order valence-corrected chi connectivity index (χ4v) is 4.99. The van der Waals surface area contributed by atoms with Crippen LogP contribution in [0.2, 0.25) is 5.02 Å². The lowest BCUT2D eigenvalue weighted by atomic mass is 10.1. The molecule has 0 bridgehead atoms. The molecule has 188 valence electrons. The van der Waals surface area contributed by atoms with Gasteiger partial charge in [-0.1, -0.05) is 11.6 Å². The molecule has 0 aromatic heterocycles. The van der Waals surface area contributed by atoms with Crippen molar-refractivity contribution in [2.45, 2.75) is 11.8 Å². The van der Waals surface area contributed by atoms with Gasteiger partial charge in [-0.15, -0.1) is 0 Å². The van der Waals surface area contributed by atoms with Gasteiger partial charge < -0.3 is 14.2 Å². The topological polar surface area (TPSA) is 107 Å². The van der Waals surface area contributed by atoms with E-state index >= 15 is 0 Å². The minimum absolute atomic E-state index is 0.00186. The Balaban J connectivity index is 1.55. The lowest BCUT2D eigenvalue weighted by molar-refractivity contribution is -0.119. The molecule has 3 aromatic carbocycles. The van der Waals surface area contributed by atoms with Crippen LogP contribution in [0.15, 0.2) is 76.7 Å². The van der Waals surface area contributed by atoms with E-state index in [1.54, 1.807) is 37.3 Å². The molecular formula is C25H24ClN3O6S. The number of sulfonamides is 1. The molecule has 0 saturated heterocycles. The summed E-state index contributed by atoms with van der Waals surface area (Å²) in [7, 11) is -2.61. The van der Waals surface area contributed by atoms with Crippen molar-refractivity contribution in [1.82, 2.24) is 5.43 Å². The summed E-state index contributed by atoms with van der Waals surface area (Å²) in [6.07, 6.45) is 0. The summed E-state index contributed by atoms with van der Waals surface area (Å²) >= 11 is 5.98. The van der Waals surface area contributed by atoms with Gasteiger partial charge in [0.05, 0.1) is 23.4 Å². The molecule has 0 saturated carbocycles. The third-order valence-electron chi connectivity index (χ3n) is 5.36. The third-order valence-corrected chi connectivity index (χ3v) is 7.40. The fraction of sp³-hybridized carbons (Fsp3) is 0.200.